The Bertz CT molecular complexity index is 866. The lowest BCUT2D eigenvalue weighted by Gasteiger charge is -2.06. The van der Waals surface area contributed by atoms with Crippen LogP contribution in [0.5, 0.6) is 5.75 Å². The van der Waals surface area contributed by atoms with Crippen molar-refractivity contribution >= 4 is 40.6 Å². The summed E-state index contributed by atoms with van der Waals surface area (Å²) < 4.78 is 5.09. The predicted octanol–water partition coefficient (Wildman–Crippen LogP) is 2.65. The third-order valence-electron chi connectivity index (χ3n) is 3.68. The van der Waals surface area contributed by atoms with Crippen molar-refractivity contribution in [2.75, 3.05) is 12.4 Å². The van der Waals surface area contributed by atoms with Crippen molar-refractivity contribution in [2.45, 2.75) is 11.7 Å². The highest BCUT2D eigenvalue weighted by molar-refractivity contribution is 8.15. The van der Waals surface area contributed by atoms with Gasteiger partial charge < -0.3 is 15.4 Å². The first-order chi connectivity index (χ1) is 13.1. The lowest BCUT2D eigenvalue weighted by molar-refractivity contribution is -0.122. The fraction of sp³-hybridized carbons (Fsp3) is 0.158. The van der Waals surface area contributed by atoms with Crippen molar-refractivity contribution in [1.82, 2.24) is 5.32 Å². The van der Waals surface area contributed by atoms with Gasteiger partial charge in [-0.2, -0.15) is 5.10 Å². The van der Waals surface area contributed by atoms with E-state index in [1.54, 1.807) is 25.5 Å². The minimum Gasteiger partial charge on any atom is -0.497 e. The zero-order valence-electron chi connectivity index (χ0n) is 14.6. The summed E-state index contributed by atoms with van der Waals surface area (Å²) in [6.45, 7) is 0. The Morgan fingerprint density at radius 2 is 1.96 bits per heavy atom. The molecule has 1 atom stereocenters. The molecular weight excluding hydrogens is 364 g/mol. The molecule has 27 heavy (non-hydrogen) atoms. The number of hydrogen-bond donors (Lipinski definition) is 2. The van der Waals surface area contributed by atoms with Gasteiger partial charge in [0.2, 0.25) is 11.8 Å². The lowest BCUT2D eigenvalue weighted by Crippen LogP contribution is -2.28. The van der Waals surface area contributed by atoms with Crippen LogP contribution in [0.25, 0.3) is 0 Å². The Morgan fingerprint density at radius 3 is 2.67 bits per heavy atom. The van der Waals surface area contributed by atoms with E-state index in [9.17, 15) is 9.59 Å². The van der Waals surface area contributed by atoms with Crippen molar-refractivity contribution in [1.29, 1.82) is 0 Å². The molecule has 1 heterocycles. The summed E-state index contributed by atoms with van der Waals surface area (Å²) in [6.07, 6.45) is 1.64. The second kappa shape index (κ2) is 9.00. The Hall–Kier alpha value is -3.13. The second-order valence-corrected chi connectivity index (χ2v) is 6.83. The number of nitrogens with zero attached hydrogens (tertiary/aromatic N) is 2. The molecule has 2 amide bonds. The van der Waals surface area contributed by atoms with Crippen LogP contribution in [0.3, 0.4) is 0 Å². The highest BCUT2D eigenvalue weighted by atomic mass is 32.2. The van der Waals surface area contributed by atoms with Gasteiger partial charge in [-0.05, 0) is 42.0 Å². The van der Waals surface area contributed by atoms with E-state index in [0.29, 0.717) is 10.9 Å². The molecule has 0 spiro atoms. The van der Waals surface area contributed by atoms with Gasteiger partial charge in [-0.1, -0.05) is 30.0 Å². The number of carbonyl (C=O) groups is 2. The Balaban J connectivity index is 1.53. The average Bonchev–Trinajstić information content (AvgIpc) is 3.02. The van der Waals surface area contributed by atoms with E-state index >= 15 is 0 Å². The van der Waals surface area contributed by atoms with Gasteiger partial charge in [-0.15, -0.1) is 5.10 Å². The molecular formula is C19H18N4O3S. The summed E-state index contributed by atoms with van der Waals surface area (Å²) in [5.41, 5.74) is 1.55. The van der Waals surface area contributed by atoms with E-state index in [0.717, 1.165) is 11.3 Å². The standard InChI is InChI=1S/C19H18N4O3S/c1-26-15-9-7-13(8-10-15)12-20-23-19-22-18(25)16(27-19)11-17(24)21-14-5-3-2-4-6-14/h2-10,12,16H,11H2,1H3,(H,21,24)(H,22,23,25)/b20-12-/t16-/m0/s1. The molecule has 1 aliphatic heterocycles. The summed E-state index contributed by atoms with van der Waals surface area (Å²) >= 11 is 1.19. The number of amidine groups is 1. The van der Waals surface area contributed by atoms with Crippen LogP contribution in [0.2, 0.25) is 0 Å². The fourth-order valence-corrected chi connectivity index (χ4v) is 3.25. The summed E-state index contributed by atoms with van der Waals surface area (Å²) in [5, 5.41) is 13.2. The number of anilines is 1. The molecule has 2 aromatic carbocycles. The first-order valence-corrected chi connectivity index (χ1v) is 9.09. The van der Waals surface area contributed by atoms with E-state index in [4.69, 9.17) is 4.74 Å². The Labute approximate surface area is 160 Å². The monoisotopic (exact) mass is 382 g/mol. The maximum atomic E-state index is 12.1. The van der Waals surface area contributed by atoms with Crippen molar-refractivity contribution in [3.05, 3.63) is 60.2 Å². The van der Waals surface area contributed by atoms with Gasteiger partial charge in [0.25, 0.3) is 0 Å². The van der Waals surface area contributed by atoms with Crippen LogP contribution < -0.4 is 15.4 Å². The largest absolute Gasteiger partial charge is 0.497 e. The van der Waals surface area contributed by atoms with Gasteiger partial charge in [-0.25, -0.2) is 0 Å². The van der Waals surface area contributed by atoms with E-state index < -0.39 is 5.25 Å². The van der Waals surface area contributed by atoms with E-state index in [1.165, 1.54) is 11.8 Å². The molecule has 0 bridgehead atoms. The maximum absolute atomic E-state index is 12.1. The second-order valence-electron chi connectivity index (χ2n) is 5.64. The van der Waals surface area contributed by atoms with Crippen molar-refractivity contribution in [3.63, 3.8) is 0 Å². The SMILES string of the molecule is COc1ccc(/C=N\N=C2/NC(=O)[C@H](CC(=O)Nc3ccccc3)S2)cc1. The summed E-state index contributed by atoms with van der Waals surface area (Å²) in [6, 6.07) is 16.5. The number of rotatable bonds is 6. The number of hydrogen-bond acceptors (Lipinski definition) is 6. The molecule has 138 valence electrons. The first kappa shape index (κ1) is 18.7. The van der Waals surface area contributed by atoms with Crippen LogP contribution in [-0.4, -0.2) is 35.6 Å². The van der Waals surface area contributed by atoms with Gasteiger partial charge in [0.1, 0.15) is 11.0 Å². The zero-order valence-corrected chi connectivity index (χ0v) is 15.4. The first-order valence-electron chi connectivity index (χ1n) is 8.21. The summed E-state index contributed by atoms with van der Waals surface area (Å²) in [5.74, 6) is 0.284. The number of thioether (sulfide) groups is 1. The molecule has 7 nitrogen and oxygen atoms in total. The third-order valence-corrected chi connectivity index (χ3v) is 4.75. The number of nitrogens with one attached hydrogen (secondary N) is 2. The number of para-hydroxylation sites is 1. The van der Waals surface area contributed by atoms with Crippen LogP contribution in [-0.2, 0) is 9.59 Å². The van der Waals surface area contributed by atoms with Crippen LogP contribution in [0, 0.1) is 0 Å². The number of ether oxygens (including phenoxy) is 1. The minimum absolute atomic E-state index is 0.0621. The molecule has 3 rings (SSSR count). The molecule has 0 saturated carbocycles. The molecule has 0 radical (unpaired) electrons. The zero-order chi connectivity index (χ0) is 19.1. The van der Waals surface area contributed by atoms with Crippen LogP contribution in [0.4, 0.5) is 5.69 Å². The Morgan fingerprint density at radius 1 is 1.22 bits per heavy atom. The maximum Gasteiger partial charge on any atom is 0.240 e. The highest BCUT2D eigenvalue weighted by Gasteiger charge is 2.32. The Kier molecular flexibility index (Phi) is 6.22. The van der Waals surface area contributed by atoms with Gasteiger partial charge in [0.15, 0.2) is 5.17 Å². The third kappa shape index (κ3) is 5.42. The average molecular weight is 382 g/mol. The number of carbonyl (C=O) groups excluding carboxylic acids is 2. The van der Waals surface area contributed by atoms with Gasteiger partial charge in [-0.3, -0.25) is 9.59 Å². The smallest absolute Gasteiger partial charge is 0.240 e. The topological polar surface area (TPSA) is 92.2 Å². The minimum atomic E-state index is -0.524. The highest BCUT2D eigenvalue weighted by Crippen LogP contribution is 2.23. The van der Waals surface area contributed by atoms with E-state index in [-0.39, 0.29) is 18.2 Å². The fourth-order valence-electron chi connectivity index (χ4n) is 2.33. The molecule has 1 fully saturated rings. The summed E-state index contributed by atoms with van der Waals surface area (Å²) in [7, 11) is 1.60. The normalized spacial score (nSPS) is 17.9. The van der Waals surface area contributed by atoms with E-state index in [2.05, 4.69) is 20.8 Å². The van der Waals surface area contributed by atoms with Crippen LogP contribution in [0.1, 0.15) is 12.0 Å². The molecule has 8 heteroatoms. The number of benzene rings is 2. The van der Waals surface area contributed by atoms with Crippen molar-refractivity contribution in [3.8, 4) is 5.75 Å². The van der Waals surface area contributed by atoms with Gasteiger partial charge in [0.05, 0.1) is 13.3 Å². The molecule has 2 aromatic rings. The number of amides is 2. The van der Waals surface area contributed by atoms with E-state index in [1.807, 2.05) is 42.5 Å². The molecule has 0 unspecified atom stereocenters. The number of methoxy groups -OCH3 is 1. The predicted molar refractivity (Wildman–Crippen MR) is 107 cm³/mol. The molecule has 2 N–H and O–H groups in total. The molecule has 0 aromatic heterocycles. The van der Waals surface area contributed by atoms with Crippen molar-refractivity contribution in [2.24, 2.45) is 10.2 Å². The van der Waals surface area contributed by atoms with Gasteiger partial charge >= 0.3 is 0 Å². The van der Waals surface area contributed by atoms with Gasteiger partial charge in [0, 0.05) is 12.1 Å². The molecule has 0 aliphatic carbocycles. The lowest BCUT2D eigenvalue weighted by atomic mass is 10.2. The quantitative estimate of drug-likeness (QED) is 0.593. The molecule has 1 saturated heterocycles. The molecule has 1 aliphatic rings. The van der Waals surface area contributed by atoms with Crippen LogP contribution in [0.15, 0.2) is 64.8 Å². The van der Waals surface area contributed by atoms with Crippen molar-refractivity contribution < 1.29 is 14.3 Å². The summed E-state index contributed by atoms with van der Waals surface area (Å²) in [4.78, 5) is 24.1. The van der Waals surface area contributed by atoms with Crippen LogP contribution >= 0.6 is 11.8 Å².